The minimum Gasteiger partial charge on any atom is -0.508 e. The molecule has 3 saturated carbocycles. The second-order valence-corrected chi connectivity index (χ2v) is 10.4. The molecule has 5 aliphatic rings. The second kappa shape index (κ2) is 6.91. The Balaban J connectivity index is 1.88. The molecule has 0 spiro atoms. The van der Waals surface area contributed by atoms with Crippen LogP contribution in [0.2, 0.25) is 0 Å². The van der Waals surface area contributed by atoms with Crippen molar-refractivity contribution in [2.75, 3.05) is 0 Å². The monoisotopic (exact) mass is 482 g/mol. The summed E-state index contributed by atoms with van der Waals surface area (Å²) in [5, 5.41) is 46.0. The molecule has 0 radical (unpaired) electrons. The van der Waals surface area contributed by atoms with Crippen LogP contribution in [-0.2, 0) is 19.1 Å². The minimum absolute atomic E-state index is 0.102. The zero-order valence-electron chi connectivity index (χ0n) is 20.3. The molecule has 35 heavy (non-hydrogen) atoms. The quantitative estimate of drug-likeness (QED) is 0.273. The molecule has 0 aromatic heterocycles. The molecule has 2 saturated heterocycles. The van der Waals surface area contributed by atoms with Crippen molar-refractivity contribution < 1.29 is 39.5 Å². The number of hydrogen-bond acceptors (Lipinski definition) is 8. The standard InChI is InChI=1S/C27H30O8/c1-6-8-10-12-14(28)16-18-19-20(30)17(15(29)13-11-9-7-2)21-23(3,22(16)31)27(33)24(18,4)34-26(19,32)25(21,5)35-27/h6-13,18-19,21,28-29,32-33H,1-5H3/b8-6+,9-7+,12-10+,13-11+,16-14-,17-15-/t18?,19?,21?,23?,24-,25-,26+,27+/m0/s1. The number of hydrogen-bond donors (Lipinski definition) is 4. The number of Topliss-reactive ketones (excluding diaryl/α,β-unsaturated/α-hetero) is 2. The first-order valence-corrected chi connectivity index (χ1v) is 11.7. The molecule has 4 unspecified atom stereocenters. The highest BCUT2D eigenvalue weighted by molar-refractivity contribution is 6.12. The highest BCUT2D eigenvalue weighted by atomic mass is 16.8. The van der Waals surface area contributed by atoms with Gasteiger partial charge < -0.3 is 29.9 Å². The van der Waals surface area contributed by atoms with Crippen LogP contribution in [0.1, 0.15) is 34.6 Å². The Morgan fingerprint density at radius 2 is 1.34 bits per heavy atom. The smallest absolute Gasteiger partial charge is 0.210 e. The fourth-order valence-corrected chi connectivity index (χ4v) is 7.40. The number of ketones is 2. The molecule has 0 aromatic carbocycles. The van der Waals surface area contributed by atoms with E-state index < -0.39 is 57.5 Å². The summed E-state index contributed by atoms with van der Waals surface area (Å²) in [7, 11) is 0. The predicted octanol–water partition coefficient (Wildman–Crippen LogP) is 2.86. The molecule has 8 atom stereocenters. The molecule has 2 aliphatic heterocycles. The lowest BCUT2D eigenvalue weighted by Gasteiger charge is -2.55. The van der Waals surface area contributed by atoms with E-state index in [0.29, 0.717) is 0 Å². The maximum absolute atomic E-state index is 14.2. The number of allylic oxidation sites excluding steroid dienone is 8. The van der Waals surface area contributed by atoms with Gasteiger partial charge in [-0.3, -0.25) is 9.59 Å². The molecule has 8 bridgehead atoms. The van der Waals surface area contributed by atoms with Crippen molar-refractivity contribution in [3.63, 3.8) is 0 Å². The van der Waals surface area contributed by atoms with Gasteiger partial charge in [-0.25, -0.2) is 0 Å². The van der Waals surface area contributed by atoms with E-state index in [2.05, 4.69) is 0 Å². The second-order valence-electron chi connectivity index (χ2n) is 10.4. The van der Waals surface area contributed by atoms with E-state index in [9.17, 15) is 30.0 Å². The average molecular weight is 483 g/mol. The van der Waals surface area contributed by atoms with Crippen molar-refractivity contribution in [1.29, 1.82) is 0 Å². The molecule has 186 valence electrons. The van der Waals surface area contributed by atoms with Crippen molar-refractivity contribution in [2.45, 2.75) is 57.4 Å². The Kier molecular flexibility index (Phi) is 4.73. The fourth-order valence-electron chi connectivity index (χ4n) is 7.40. The van der Waals surface area contributed by atoms with Crippen LogP contribution in [0.4, 0.5) is 0 Å². The summed E-state index contributed by atoms with van der Waals surface area (Å²) < 4.78 is 12.3. The largest absolute Gasteiger partial charge is 0.508 e. The zero-order valence-corrected chi connectivity index (χ0v) is 20.3. The molecule has 5 fully saturated rings. The van der Waals surface area contributed by atoms with Crippen LogP contribution >= 0.6 is 0 Å². The van der Waals surface area contributed by atoms with Gasteiger partial charge in [0, 0.05) is 23.0 Å². The molecule has 3 aliphatic carbocycles. The van der Waals surface area contributed by atoms with E-state index in [1.807, 2.05) is 0 Å². The van der Waals surface area contributed by atoms with Gasteiger partial charge in [0.05, 0.1) is 11.3 Å². The molecule has 0 aromatic rings. The molecule has 2 heterocycles. The van der Waals surface area contributed by atoms with E-state index in [1.54, 1.807) is 50.3 Å². The van der Waals surface area contributed by atoms with Crippen molar-refractivity contribution in [2.24, 2.45) is 23.2 Å². The number of rotatable bonds is 4. The topological polar surface area (TPSA) is 134 Å². The summed E-state index contributed by atoms with van der Waals surface area (Å²) in [5.74, 6) is -10.3. The van der Waals surface area contributed by atoms with E-state index in [0.717, 1.165) is 0 Å². The van der Waals surface area contributed by atoms with Crippen LogP contribution in [0.3, 0.4) is 0 Å². The summed E-state index contributed by atoms with van der Waals surface area (Å²) in [6.07, 6.45) is 12.6. The summed E-state index contributed by atoms with van der Waals surface area (Å²) in [5.41, 5.74) is -5.52. The third-order valence-electron chi connectivity index (χ3n) is 8.82. The summed E-state index contributed by atoms with van der Waals surface area (Å²) >= 11 is 0. The van der Waals surface area contributed by atoms with Crippen LogP contribution in [0, 0.1) is 23.2 Å². The van der Waals surface area contributed by atoms with E-state index in [1.165, 1.54) is 32.9 Å². The first-order valence-electron chi connectivity index (χ1n) is 11.7. The number of carbonyl (C=O) groups is 2. The third-order valence-corrected chi connectivity index (χ3v) is 8.82. The molecule has 4 N–H and O–H groups in total. The Bertz CT molecular complexity index is 1200. The fraction of sp³-hybridized carbons (Fsp3) is 0.481. The Labute approximate surface area is 203 Å². The third kappa shape index (κ3) is 2.28. The van der Waals surface area contributed by atoms with Gasteiger partial charge in [0.1, 0.15) is 22.7 Å². The van der Waals surface area contributed by atoms with Gasteiger partial charge in [0.25, 0.3) is 0 Å². The van der Waals surface area contributed by atoms with Gasteiger partial charge in [-0.1, -0.05) is 36.5 Å². The van der Waals surface area contributed by atoms with Crippen molar-refractivity contribution in [1.82, 2.24) is 0 Å². The van der Waals surface area contributed by atoms with E-state index in [-0.39, 0.29) is 22.7 Å². The molecule has 0 amide bonds. The number of aliphatic hydroxyl groups is 4. The summed E-state index contributed by atoms with van der Waals surface area (Å²) in [6.45, 7) is 8.01. The predicted molar refractivity (Wildman–Crippen MR) is 125 cm³/mol. The minimum atomic E-state index is -2.24. The van der Waals surface area contributed by atoms with Crippen LogP contribution < -0.4 is 0 Å². The lowest BCUT2D eigenvalue weighted by molar-refractivity contribution is -0.445. The van der Waals surface area contributed by atoms with Crippen LogP contribution in [0.25, 0.3) is 0 Å². The van der Waals surface area contributed by atoms with Crippen LogP contribution in [-0.4, -0.2) is 54.8 Å². The normalized spacial score (nSPS) is 50.8. The number of ether oxygens (including phenoxy) is 2. The Hall–Kier alpha value is -2.78. The van der Waals surface area contributed by atoms with Gasteiger partial charge in [-0.05, 0) is 46.8 Å². The van der Waals surface area contributed by atoms with Gasteiger partial charge in [0.15, 0.2) is 11.6 Å². The molecule has 8 heteroatoms. The lowest BCUT2D eigenvalue weighted by atomic mass is 9.43. The average Bonchev–Trinajstić information content (AvgIpc) is 3.14. The van der Waals surface area contributed by atoms with Gasteiger partial charge in [0.2, 0.25) is 11.6 Å². The van der Waals surface area contributed by atoms with Crippen LogP contribution in [0.15, 0.2) is 71.3 Å². The van der Waals surface area contributed by atoms with E-state index in [4.69, 9.17) is 9.47 Å². The van der Waals surface area contributed by atoms with Crippen molar-refractivity contribution in [3.8, 4) is 0 Å². The zero-order chi connectivity index (χ0) is 25.8. The maximum Gasteiger partial charge on any atom is 0.210 e. The Morgan fingerprint density at radius 3 is 1.89 bits per heavy atom. The first-order chi connectivity index (χ1) is 16.3. The number of aliphatic hydroxyl groups excluding tert-OH is 2. The lowest BCUT2D eigenvalue weighted by Crippen LogP contribution is -2.72. The molecular weight excluding hydrogens is 452 g/mol. The first kappa shape index (κ1) is 23.9. The highest BCUT2D eigenvalue weighted by Crippen LogP contribution is 2.80. The Morgan fingerprint density at radius 1 is 0.800 bits per heavy atom. The van der Waals surface area contributed by atoms with Crippen molar-refractivity contribution in [3.05, 3.63) is 71.3 Å². The van der Waals surface area contributed by atoms with Gasteiger partial charge in [-0.2, -0.15) is 0 Å². The molecule has 8 nitrogen and oxygen atoms in total. The summed E-state index contributed by atoms with van der Waals surface area (Å²) in [6, 6.07) is 0. The van der Waals surface area contributed by atoms with E-state index >= 15 is 0 Å². The molecule has 5 rings (SSSR count). The SMILES string of the molecule is C/C=C/C=C/C(O)=C1/C(=O)C2(C)C3/C(=C(O)/C=C/C=C/C)C(=O)C4C1[C@]1(C)O[C@@]4(O)[C@@]3(C)O[C@]21O. The molecular formula is C27H30O8. The van der Waals surface area contributed by atoms with Gasteiger partial charge >= 0.3 is 0 Å². The highest BCUT2D eigenvalue weighted by Gasteiger charge is 2.96. The van der Waals surface area contributed by atoms with Crippen LogP contribution in [0.5, 0.6) is 0 Å². The van der Waals surface area contributed by atoms with Gasteiger partial charge in [-0.15, -0.1) is 0 Å². The maximum atomic E-state index is 14.2. The van der Waals surface area contributed by atoms with Crippen molar-refractivity contribution >= 4 is 11.6 Å². The number of carbonyl (C=O) groups excluding carboxylic acids is 2. The summed E-state index contributed by atoms with van der Waals surface area (Å²) in [4.78, 5) is 28.2.